The van der Waals surface area contributed by atoms with Crippen LogP contribution in [0.3, 0.4) is 0 Å². The van der Waals surface area contributed by atoms with Crippen LogP contribution in [-0.4, -0.2) is 12.5 Å². The van der Waals surface area contributed by atoms with Crippen LogP contribution in [0.15, 0.2) is 72.8 Å². The third-order valence-corrected chi connectivity index (χ3v) is 4.04. The molecule has 1 amide bonds. The van der Waals surface area contributed by atoms with Crippen molar-refractivity contribution in [3.05, 3.63) is 95.3 Å². The maximum atomic E-state index is 13.3. The van der Waals surface area contributed by atoms with Crippen LogP contribution < -0.4 is 10.1 Å². The van der Waals surface area contributed by atoms with E-state index in [9.17, 15) is 9.18 Å². The van der Waals surface area contributed by atoms with Crippen molar-refractivity contribution in [2.24, 2.45) is 0 Å². The lowest BCUT2D eigenvalue weighted by Gasteiger charge is -2.12. The van der Waals surface area contributed by atoms with Crippen molar-refractivity contribution in [2.75, 3.05) is 11.9 Å². The molecule has 1 N–H and O–H groups in total. The van der Waals surface area contributed by atoms with Gasteiger partial charge in [-0.05, 0) is 41.8 Å². The first-order valence-corrected chi connectivity index (χ1v) is 8.42. The summed E-state index contributed by atoms with van der Waals surface area (Å²) in [6.07, 6.45) is 0.724. The predicted octanol–water partition coefficient (Wildman–Crippen LogP) is 4.74. The van der Waals surface area contributed by atoms with Crippen molar-refractivity contribution < 1.29 is 13.9 Å². The van der Waals surface area contributed by atoms with E-state index in [-0.39, 0.29) is 18.3 Å². The Hall–Kier alpha value is -3.14. The largest absolute Gasteiger partial charge is 0.483 e. The molecule has 132 valence electrons. The first-order chi connectivity index (χ1) is 12.6. The normalized spacial score (nSPS) is 10.4. The van der Waals surface area contributed by atoms with E-state index in [0.717, 1.165) is 17.5 Å². The highest BCUT2D eigenvalue weighted by atomic mass is 19.1. The van der Waals surface area contributed by atoms with Crippen LogP contribution in [0, 0.1) is 12.7 Å². The molecule has 3 rings (SSSR count). The van der Waals surface area contributed by atoms with Gasteiger partial charge in [0.25, 0.3) is 5.91 Å². The van der Waals surface area contributed by atoms with Crippen LogP contribution in [0.25, 0.3) is 0 Å². The third-order valence-electron chi connectivity index (χ3n) is 4.04. The van der Waals surface area contributed by atoms with Crippen LogP contribution in [-0.2, 0) is 11.2 Å². The smallest absolute Gasteiger partial charge is 0.262 e. The average Bonchev–Trinajstić information content (AvgIpc) is 2.65. The number of carbonyl (C=O) groups is 1. The van der Waals surface area contributed by atoms with Gasteiger partial charge in [-0.15, -0.1) is 0 Å². The SMILES string of the molecule is Cc1ccc(F)cc1NC(=O)COc1ccccc1Cc1ccccc1. The number of nitrogens with one attached hydrogen (secondary N) is 1. The van der Waals surface area contributed by atoms with E-state index in [1.165, 1.54) is 17.7 Å². The van der Waals surface area contributed by atoms with Gasteiger partial charge in [-0.1, -0.05) is 54.6 Å². The zero-order chi connectivity index (χ0) is 18.4. The number of aryl methyl sites for hydroxylation is 1. The van der Waals surface area contributed by atoms with Crippen molar-refractivity contribution in [1.82, 2.24) is 0 Å². The highest BCUT2D eigenvalue weighted by Gasteiger charge is 2.09. The number of benzene rings is 3. The number of rotatable bonds is 6. The summed E-state index contributed by atoms with van der Waals surface area (Å²) in [7, 11) is 0. The standard InChI is InChI=1S/C22H20FNO2/c1-16-11-12-19(23)14-20(16)24-22(25)15-26-21-10-6-5-9-18(21)13-17-7-3-2-4-8-17/h2-12,14H,13,15H2,1H3,(H,24,25). The zero-order valence-electron chi connectivity index (χ0n) is 14.5. The third kappa shape index (κ3) is 4.70. The molecule has 0 bridgehead atoms. The molecule has 3 nitrogen and oxygen atoms in total. The molecule has 0 fully saturated rings. The molecule has 0 aliphatic carbocycles. The second-order valence-corrected chi connectivity index (χ2v) is 6.07. The van der Waals surface area contributed by atoms with E-state index < -0.39 is 0 Å². The molecule has 0 aliphatic rings. The summed E-state index contributed by atoms with van der Waals surface area (Å²) < 4.78 is 19.0. The molecule has 0 saturated heterocycles. The first kappa shape index (κ1) is 17.7. The number of anilines is 1. The van der Waals surface area contributed by atoms with Gasteiger partial charge in [0, 0.05) is 12.1 Å². The van der Waals surface area contributed by atoms with Gasteiger partial charge in [-0.25, -0.2) is 4.39 Å². The Morgan fingerprint density at radius 1 is 1.00 bits per heavy atom. The van der Waals surface area contributed by atoms with Gasteiger partial charge in [-0.2, -0.15) is 0 Å². The Morgan fingerprint density at radius 2 is 1.73 bits per heavy atom. The Labute approximate surface area is 152 Å². The molecule has 0 heterocycles. The molecule has 3 aromatic carbocycles. The van der Waals surface area contributed by atoms with Crippen molar-refractivity contribution in [3.63, 3.8) is 0 Å². The molecule has 0 spiro atoms. The second-order valence-electron chi connectivity index (χ2n) is 6.07. The van der Waals surface area contributed by atoms with Crippen molar-refractivity contribution in [3.8, 4) is 5.75 Å². The van der Waals surface area contributed by atoms with Crippen molar-refractivity contribution >= 4 is 11.6 Å². The van der Waals surface area contributed by atoms with E-state index >= 15 is 0 Å². The summed E-state index contributed by atoms with van der Waals surface area (Å²) in [5.74, 6) is -0.0456. The summed E-state index contributed by atoms with van der Waals surface area (Å²) in [6, 6.07) is 22.0. The maximum Gasteiger partial charge on any atom is 0.262 e. The summed E-state index contributed by atoms with van der Waals surface area (Å²) in [4.78, 5) is 12.2. The number of para-hydroxylation sites is 1. The van der Waals surface area contributed by atoms with E-state index in [1.54, 1.807) is 6.07 Å². The van der Waals surface area contributed by atoms with E-state index in [0.29, 0.717) is 11.4 Å². The Bertz CT molecular complexity index is 894. The van der Waals surface area contributed by atoms with E-state index in [1.807, 2.05) is 49.4 Å². The first-order valence-electron chi connectivity index (χ1n) is 8.42. The molecule has 0 atom stereocenters. The minimum atomic E-state index is -0.389. The fourth-order valence-electron chi connectivity index (χ4n) is 2.66. The van der Waals surface area contributed by atoms with E-state index in [2.05, 4.69) is 17.4 Å². The number of carbonyl (C=O) groups excluding carboxylic acids is 1. The van der Waals surface area contributed by atoms with Crippen molar-refractivity contribution in [2.45, 2.75) is 13.3 Å². The van der Waals surface area contributed by atoms with Gasteiger partial charge >= 0.3 is 0 Å². The van der Waals surface area contributed by atoms with Gasteiger partial charge in [0.15, 0.2) is 6.61 Å². The molecule has 0 unspecified atom stereocenters. The minimum absolute atomic E-state index is 0.137. The van der Waals surface area contributed by atoms with Crippen LogP contribution in [0.2, 0.25) is 0 Å². The minimum Gasteiger partial charge on any atom is -0.483 e. The van der Waals surface area contributed by atoms with Gasteiger partial charge < -0.3 is 10.1 Å². The summed E-state index contributed by atoms with van der Waals surface area (Å²) in [5, 5.41) is 2.69. The van der Waals surface area contributed by atoms with Crippen LogP contribution in [0.1, 0.15) is 16.7 Å². The number of hydrogen-bond acceptors (Lipinski definition) is 2. The molecule has 0 saturated carbocycles. The Balaban J connectivity index is 1.64. The number of ether oxygens (including phenoxy) is 1. The number of amides is 1. The quantitative estimate of drug-likeness (QED) is 0.698. The number of hydrogen-bond donors (Lipinski definition) is 1. The fourth-order valence-corrected chi connectivity index (χ4v) is 2.66. The summed E-state index contributed by atoms with van der Waals surface area (Å²) >= 11 is 0. The van der Waals surface area contributed by atoms with Gasteiger partial charge in [0.1, 0.15) is 11.6 Å². The Morgan fingerprint density at radius 3 is 2.54 bits per heavy atom. The summed E-state index contributed by atoms with van der Waals surface area (Å²) in [6.45, 7) is 1.67. The van der Waals surface area contributed by atoms with Gasteiger partial charge in [-0.3, -0.25) is 4.79 Å². The highest BCUT2D eigenvalue weighted by molar-refractivity contribution is 5.92. The lowest BCUT2D eigenvalue weighted by Crippen LogP contribution is -2.21. The van der Waals surface area contributed by atoms with Crippen LogP contribution in [0.5, 0.6) is 5.75 Å². The molecule has 0 radical (unpaired) electrons. The molecular formula is C22H20FNO2. The lowest BCUT2D eigenvalue weighted by atomic mass is 10.0. The fraction of sp³-hybridized carbons (Fsp3) is 0.136. The maximum absolute atomic E-state index is 13.3. The molecule has 4 heteroatoms. The predicted molar refractivity (Wildman–Crippen MR) is 101 cm³/mol. The highest BCUT2D eigenvalue weighted by Crippen LogP contribution is 2.22. The average molecular weight is 349 g/mol. The molecular weight excluding hydrogens is 329 g/mol. The second kappa shape index (κ2) is 8.30. The van der Waals surface area contributed by atoms with E-state index in [4.69, 9.17) is 4.74 Å². The molecule has 3 aromatic rings. The molecule has 26 heavy (non-hydrogen) atoms. The monoisotopic (exact) mass is 349 g/mol. The Kier molecular flexibility index (Phi) is 5.64. The lowest BCUT2D eigenvalue weighted by molar-refractivity contribution is -0.118. The van der Waals surface area contributed by atoms with Gasteiger partial charge in [0.2, 0.25) is 0 Å². The van der Waals surface area contributed by atoms with Crippen LogP contribution in [0.4, 0.5) is 10.1 Å². The number of halogens is 1. The topological polar surface area (TPSA) is 38.3 Å². The molecule has 0 aromatic heterocycles. The van der Waals surface area contributed by atoms with Crippen molar-refractivity contribution in [1.29, 1.82) is 0 Å². The summed E-state index contributed by atoms with van der Waals surface area (Å²) in [5.41, 5.74) is 3.43. The van der Waals surface area contributed by atoms with Gasteiger partial charge in [0.05, 0.1) is 0 Å². The zero-order valence-corrected chi connectivity index (χ0v) is 14.5. The van der Waals surface area contributed by atoms with Crippen LogP contribution >= 0.6 is 0 Å². The molecule has 0 aliphatic heterocycles.